The molecule has 3 heterocycles. The van der Waals surface area contributed by atoms with Crippen molar-refractivity contribution in [1.29, 1.82) is 0 Å². The molecule has 132 valence electrons. The van der Waals surface area contributed by atoms with Crippen molar-refractivity contribution in [3.05, 3.63) is 42.5 Å². The highest BCUT2D eigenvalue weighted by molar-refractivity contribution is 7.89. The van der Waals surface area contributed by atoms with Crippen LogP contribution in [0.15, 0.2) is 41.6 Å². The summed E-state index contributed by atoms with van der Waals surface area (Å²) >= 11 is 0. The number of aromatic nitrogens is 4. The Labute approximate surface area is 146 Å². The van der Waals surface area contributed by atoms with Gasteiger partial charge < -0.3 is 4.57 Å². The third-order valence-electron chi connectivity index (χ3n) is 4.86. The van der Waals surface area contributed by atoms with Crippen LogP contribution in [0, 0.1) is 0 Å². The van der Waals surface area contributed by atoms with Gasteiger partial charge in [0.25, 0.3) is 0 Å². The minimum Gasteiger partial charge on any atom is -0.330 e. The van der Waals surface area contributed by atoms with Crippen LogP contribution in [0.4, 0.5) is 0 Å². The number of imidazole rings is 1. The summed E-state index contributed by atoms with van der Waals surface area (Å²) in [4.78, 5) is 4.96. The second-order valence-corrected chi connectivity index (χ2v) is 8.21. The molecule has 3 aromatic rings. The monoisotopic (exact) mass is 359 g/mol. The Morgan fingerprint density at radius 1 is 1.28 bits per heavy atom. The minimum absolute atomic E-state index is 0.243. The fourth-order valence-electron chi connectivity index (χ4n) is 3.53. The SMILES string of the molecule is CCn1cc(S(=O)(=O)N2CCCC2c2nc3ccccc3n2C)cn1. The van der Waals surface area contributed by atoms with Crippen molar-refractivity contribution in [2.24, 2.45) is 7.05 Å². The van der Waals surface area contributed by atoms with Crippen LogP contribution < -0.4 is 0 Å². The van der Waals surface area contributed by atoms with Gasteiger partial charge in [0.05, 0.1) is 23.3 Å². The first-order valence-electron chi connectivity index (χ1n) is 8.48. The highest BCUT2D eigenvalue weighted by Crippen LogP contribution is 2.36. The first-order chi connectivity index (χ1) is 12.0. The number of hydrogen-bond acceptors (Lipinski definition) is 4. The molecule has 25 heavy (non-hydrogen) atoms. The smallest absolute Gasteiger partial charge is 0.246 e. The Hall–Kier alpha value is -2.19. The van der Waals surface area contributed by atoms with Crippen molar-refractivity contribution in [3.63, 3.8) is 0 Å². The third kappa shape index (κ3) is 2.56. The average molecular weight is 359 g/mol. The fraction of sp³-hybridized carbons (Fsp3) is 0.412. The van der Waals surface area contributed by atoms with Gasteiger partial charge >= 0.3 is 0 Å². The van der Waals surface area contributed by atoms with Crippen molar-refractivity contribution < 1.29 is 8.42 Å². The van der Waals surface area contributed by atoms with E-state index in [0.717, 1.165) is 29.7 Å². The van der Waals surface area contributed by atoms with Gasteiger partial charge in [0.15, 0.2) is 0 Å². The maximum Gasteiger partial charge on any atom is 0.246 e. The highest BCUT2D eigenvalue weighted by Gasteiger charge is 2.39. The lowest BCUT2D eigenvalue weighted by Gasteiger charge is -2.23. The molecule has 2 aromatic heterocycles. The molecular formula is C17H21N5O2S. The number of sulfonamides is 1. The topological polar surface area (TPSA) is 73.0 Å². The van der Waals surface area contributed by atoms with Gasteiger partial charge in [-0.05, 0) is 31.9 Å². The average Bonchev–Trinajstić information content (AvgIpc) is 3.33. The molecule has 0 amide bonds. The maximum atomic E-state index is 13.1. The van der Waals surface area contributed by atoms with Gasteiger partial charge in [0.1, 0.15) is 10.7 Å². The van der Waals surface area contributed by atoms with Gasteiger partial charge in [-0.2, -0.15) is 9.40 Å². The maximum absolute atomic E-state index is 13.1. The molecule has 0 aliphatic carbocycles. The molecule has 1 saturated heterocycles. The molecule has 4 rings (SSSR count). The molecule has 0 saturated carbocycles. The lowest BCUT2D eigenvalue weighted by Crippen LogP contribution is -2.31. The zero-order valence-corrected chi connectivity index (χ0v) is 15.1. The van der Waals surface area contributed by atoms with Gasteiger partial charge in [-0.3, -0.25) is 4.68 Å². The van der Waals surface area contributed by atoms with Gasteiger partial charge in [-0.15, -0.1) is 0 Å². The van der Waals surface area contributed by atoms with E-state index in [1.165, 1.54) is 6.20 Å². The van der Waals surface area contributed by atoms with Crippen LogP contribution in [0.1, 0.15) is 31.6 Å². The first-order valence-corrected chi connectivity index (χ1v) is 9.92. The van der Waals surface area contributed by atoms with Crippen molar-refractivity contribution in [2.75, 3.05) is 6.54 Å². The summed E-state index contributed by atoms with van der Waals surface area (Å²) < 4.78 is 31.4. The Morgan fingerprint density at radius 2 is 2.08 bits per heavy atom. The van der Waals surface area contributed by atoms with Gasteiger partial charge in [0.2, 0.25) is 10.0 Å². The molecule has 1 aliphatic rings. The lowest BCUT2D eigenvalue weighted by atomic mass is 10.2. The Kier molecular flexibility index (Phi) is 3.88. The summed E-state index contributed by atoms with van der Waals surface area (Å²) in [6.07, 6.45) is 4.64. The zero-order chi connectivity index (χ0) is 17.6. The molecule has 1 fully saturated rings. The van der Waals surface area contributed by atoms with E-state index in [2.05, 4.69) is 5.10 Å². The fourth-order valence-corrected chi connectivity index (χ4v) is 5.14. The van der Waals surface area contributed by atoms with E-state index in [9.17, 15) is 8.42 Å². The van der Waals surface area contributed by atoms with E-state index in [-0.39, 0.29) is 10.9 Å². The molecular weight excluding hydrogens is 338 g/mol. The number of rotatable bonds is 4. The molecule has 1 unspecified atom stereocenters. The predicted octanol–water partition coefficient (Wildman–Crippen LogP) is 2.32. The van der Waals surface area contributed by atoms with Gasteiger partial charge in [0, 0.05) is 26.3 Å². The lowest BCUT2D eigenvalue weighted by molar-refractivity contribution is 0.378. The van der Waals surface area contributed by atoms with E-state index in [0.29, 0.717) is 13.1 Å². The van der Waals surface area contributed by atoms with Crippen molar-refractivity contribution in [3.8, 4) is 0 Å². The van der Waals surface area contributed by atoms with Crippen LogP contribution in [0.2, 0.25) is 0 Å². The van der Waals surface area contributed by atoms with Crippen LogP contribution in [-0.2, 0) is 23.6 Å². The third-order valence-corrected chi connectivity index (χ3v) is 6.72. The summed E-state index contributed by atoms with van der Waals surface area (Å²) in [6, 6.07) is 7.63. The summed E-state index contributed by atoms with van der Waals surface area (Å²) in [5.41, 5.74) is 1.91. The molecule has 7 nitrogen and oxygen atoms in total. The van der Waals surface area contributed by atoms with Crippen LogP contribution >= 0.6 is 0 Å². The highest BCUT2D eigenvalue weighted by atomic mass is 32.2. The van der Waals surface area contributed by atoms with E-state index in [1.54, 1.807) is 15.2 Å². The number of fused-ring (bicyclic) bond motifs is 1. The molecule has 1 aliphatic heterocycles. The Bertz CT molecular complexity index is 1020. The normalized spacial score (nSPS) is 19.0. The van der Waals surface area contributed by atoms with E-state index < -0.39 is 10.0 Å². The van der Waals surface area contributed by atoms with Crippen molar-refractivity contribution >= 4 is 21.1 Å². The Morgan fingerprint density at radius 3 is 2.80 bits per heavy atom. The number of hydrogen-bond donors (Lipinski definition) is 0. The largest absolute Gasteiger partial charge is 0.330 e. The van der Waals surface area contributed by atoms with Crippen LogP contribution in [0.3, 0.4) is 0 Å². The number of para-hydroxylation sites is 2. The quantitative estimate of drug-likeness (QED) is 0.717. The van der Waals surface area contributed by atoms with Crippen molar-refractivity contribution in [1.82, 2.24) is 23.6 Å². The molecule has 8 heteroatoms. The van der Waals surface area contributed by atoms with Crippen LogP contribution in [0.25, 0.3) is 11.0 Å². The first kappa shape index (κ1) is 16.3. The molecule has 0 bridgehead atoms. The predicted molar refractivity (Wildman–Crippen MR) is 94.5 cm³/mol. The standard InChI is InChI=1S/C17H21N5O2S/c1-3-21-12-13(11-18-21)25(23,24)22-10-6-9-16(22)17-19-14-7-4-5-8-15(14)20(17)2/h4-5,7-8,11-12,16H,3,6,9-10H2,1-2H3. The van der Waals surface area contributed by atoms with Gasteiger partial charge in [-0.25, -0.2) is 13.4 Å². The van der Waals surface area contributed by atoms with E-state index >= 15 is 0 Å². The number of nitrogens with zero attached hydrogens (tertiary/aromatic N) is 5. The zero-order valence-electron chi connectivity index (χ0n) is 14.3. The molecule has 0 radical (unpaired) electrons. The molecule has 0 spiro atoms. The summed E-state index contributed by atoms with van der Waals surface area (Å²) in [7, 11) is -1.64. The van der Waals surface area contributed by atoms with Crippen LogP contribution in [0.5, 0.6) is 0 Å². The van der Waals surface area contributed by atoms with E-state index in [1.807, 2.05) is 42.8 Å². The minimum atomic E-state index is -3.58. The Balaban J connectivity index is 1.76. The summed E-state index contributed by atoms with van der Waals surface area (Å²) in [5, 5.41) is 4.11. The molecule has 1 aromatic carbocycles. The second kappa shape index (κ2) is 5.96. The molecule has 1 atom stereocenters. The number of aryl methyl sites for hydroxylation is 2. The summed E-state index contributed by atoms with van der Waals surface area (Å²) in [5.74, 6) is 0.796. The van der Waals surface area contributed by atoms with Crippen LogP contribution in [-0.4, -0.2) is 38.6 Å². The summed E-state index contributed by atoms with van der Waals surface area (Å²) in [6.45, 7) is 3.08. The van der Waals surface area contributed by atoms with E-state index in [4.69, 9.17) is 4.98 Å². The molecule has 0 N–H and O–H groups in total. The van der Waals surface area contributed by atoms with Crippen molar-refractivity contribution in [2.45, 2.75) is 37.2 Å². The second-order valence-electron chi connectivity index (χ2n) is 6.32. The number of benzene rings is 1. The van der Waals surface area contributed by atoms with Gasteiger partial charge in [-0.1, -0.05) is 12.1 Å².